The molecule has 1 aliphatic rings. The predicted octanol–water partition coefficient (Wildman–Crippen LogP) is 7.71. The minimum Gasteiger partial charge on any atom is -0.449 e. The summed E-state index contributed by atoms with van der Waals surface area (Å²) in [6, 6.07) is 41.2. The summed E-state index contributed by atoms with van der Waals surface area (Å²) >= 11 is 1.46. The number of nitrogens with two attached hydrogens (primary N) is 1. The van der Waals surface area contributed by atoms with Crippen molar-refractivity contribution in [1.82, 2.24) is 62.4 Å². The number of para-hydroxylation sites is 1. The predicted molar refractivity (Wildman–Crippen MR) is 415 cm³/mol. The fourth-order valence-corrected chi connectivity index (χ4v) is 13.7. The van der Waals surface area contributed by atoms with E-state index in [9.17, 15) is 38.4 Å². The molecule has 0 saturated heterocycles. The van der Waals surface area contributed by atoms with Crippen LogP contribution in [0.2, 0.25) is 0 Å². The molecule has 0 spiro atoms. The molecule has 0 unspecified atom stereocenters. The number of amides is 10. The van der Waals surface area contributed by atoms with E-state index in [1.165, 1.54) is 42.0 Å². The number of hydrogen-bond acceptors (Lipinski definition) is 15. The van der Waals surface area contributed by atoms with Crippen LogP contribution in [-0.4, -0.2) is 153 Å². The number of fused-ring (bicyclic) bond motifs is 4. The number of aromatic nitrogens is 3. The van der Waals surface area contributed by atoms with Gasteiger partial charge in [-0.25, -0.2) is 14.6 Å². The van der Waals surface area contributed by atoms with Crippen molar-refractivity contribution in [2.45, 2.75) is 153 Å². The molecular formula is C82H97N13O13S. The van der Waals surface area contributed by atoms with Gasteiger partial charge in [0.1, 0.15) is 60.0 Å². The van der Waals surface area contributed by atoms with Crippen LogP contribution in [0.1, 0.15) is 126 Å². The summed E-state index contributed by atoms with van der Waals surface area (Å²) in [6.45, 7) is 12.6. The summed E-state index contributed by atoms with van der Waals surface area (Å²) in [4.78, 5) is 163. The number of carbonyl (C=O) groups is 11. The van der Waals surface area contributed by atoms with Crippen LogP contribution in [0.3, 0.4) is 0 Å². The number of thioether (sulfide) groups is 1. The second kappa shape index (κ2) is 37.8. The van der Waals surface area contributed by atoms with Crippen molar-refractivity contribution in [3.63, 3.8) is 0 Å². The van der Waals surface area contributed by atoms with Gasteiger partial charge in [-0.15, -0.1) is 0 Å². The molecular weight excluding hydrogens is 1410 g/mol. The number of ether oxygens (including phenoxy) is 2. The van der Waals surface area contributed by atoms with Crippen molar-refractivity contribution in [2.24, 2.45) is 17.6 Å². The molecule has 0 fully saturated rings. The Bertz CT molecular complexity index is 4370. The number of primary amides is 1. The van der Waals surface area contributed by atoms with Crippen molar-refractivity contribution in [1.29, 1.82) is 0 Å². The second-order valence-electron chi connectivity index (χ2n) is 28.7. The van der Waals surface area contributed by atoms with Crippen LogP contribution in [0.4, 0.5) is 9.59 Å². The highest BCUT2D eigenvalue weighted by molar-refractivity contribution is 7.98. The second-order valence-corrected chi connectivity index (χ2v) is 29.7. The summed E-state index contributed by atoms with van der Waals surface area (Å²) in [5.74, 6) is -7.61. The third-order valence-corrected chi connectivity index (χ3v) is 19.3. The summed E-state index contributed by atoms with van der Waals surface area (Å²) < 4.78 is 13.1. The fraction of sp³-hybridized carbons (Fsp3) is 0.366. The van der Waals surface area contributed by atoms with Gasteiger partial charge in [-0.3, -0.25) is 47.7 Å². The first-order chi connectivity index (χ1) is 52.1. The highest BCUT2D eigenvalue weighted by Gasteiger charge is 2.40. The zero-order valence-electron chi connectivity index (χ0n) is 62.6. The van der Waals surface area contributed by atoms with E-state index >= 15 is 14.4 Å². The van der Waals surface area contributed by atoms with E-state index in [2.05, 4.69) is 57.8 Å². The summed E-state index contributed by atoms with van der Waals surface area (Å²) in [5.41, 5.74) is 10.6. The Hall–Kier alpha value is -11.6. The molecule has 27 heteroatoms. The molecule has 8 aromatic rings. The lowest BCUT2D eigenvalue weighted by molar-refractivity contribution is -0.135. The lowest BCUT2D eigenvalue weighted by Gasteiger charge is -2.37. The van der Waals surface area contributed by atoms with Crippen molar-refractivity contribution in [3.05, 3.63) is 222 Å². The summed E-state index contributed by atoms with van der Waals surface area (Å²) in [6.07, 6.45) is 3.72. The van der Waals surface area contributed by atoms with Crippen LogP contribution >= 0.6 is 11.8 Å². The van der Waals surface area contributed by atoms with Crippen LogP contribution < -0.4 is 53.6 Å². The van der Waals surface area contributed by atoms with Crippen LogP contribution in [-0.2, 0) is 71.0 Å². The molecule has 574 valence electrons. The van der Waals surface area contributed by atoms with E-state index < -0.39 is 131 Å². The van der Waals surface area contributed by atoms with Crippen molar-refractivity contribution in [3.8, 4) is 11.1 Å². The van der Waals surface area contributed by atoms with E-state index in [1.807, 2.05) is 160 Å². The van der Waals surface area contributed by atoms with Gasteiger partial charge in [0.05, 0.1) is 24.1 Å². The molecule has 6 aromatic carbocycles. The lowest BCUT2D eigenvalue weighted by Crippen LogP contribution is -2.59. The molecule has 26 nitrogen and oxygen atoms in total. The topological polar surface area (TPSA) is 374 Å². The number of nitrogens with one attached hydrogen (secondary N) is 10. The van der Waals surface area contributed by atoms with E-state index in [0.29, 0.717) is 27.9 Å². The van der Waals surface area contributed by atoms with Gasteiger partial charge in [-0.1, -0.05) is 185 Å². The molecule has 0 radical (unpaired) electrons. The maximum absolute atomic E-state index is 15.5. The van der Waals surface area contributed by atoms with Gasteiger partial charge in [0.25, 0.3) is 0 Å². The Kier molecular flexibility index (Phi) is 28.2. The van der Waals surface area contributed by atoms with E-state index in [1.54, 1.807) is 58.9 Å². The molecule has 0 bridgehead atoms. The van der Waals surface area contributed by atoms with Crippen LogP contribution in [0.5, 0.6) is 0 Å². The average molecular weight is 1500 g/mol. The van der Waals surface area contributed by atoms with Gasteiger partial charge in [0.15, 0.2) is 0 Å². The summed E-state index contributed by atoms with van der Waals surface area (Å²) in [7, 11) is 0. The van der Waals surface area contributed by atoms with Gasteiger partial charge < -0.3 is 68.0 Å². The maximum atomic E-state index is 15.5. The normalized spacial score (nSPS) is 13.9. The number of rotatable bonds is 35. The van der Waals surface area contributed by atoms with E-state index in [4.69, 9.17) is 15.2 Å². The van der Waals surface area contributed by atoms with Gasteiger partial charge >= 0.3 is 12.2 Å². The maximum Gasteiger partial charge on any atom is 0.419 e. The number of hydrogen-bond donors (Lipinski definition) is 11. The standard InChI is InChI=1S/C82H97N13O13S/c1-49(2)41-65(76(102)89-63(72(83)98)39-40-109-9)90-77(103)67(43-56-44-84-48-86-56)88-70(97)45-85-78(104)71(50(3)4)93-73(99)51(5)87-75(101)66(42-52-46-95(80(106)108-81(6,7)8)68-36-24-23-31-57(52)68)91-74(100)64(92-79(105)107-47-62-60-34-21-19-32-58(60)59-33-20-22-35-61(59)62)37-38-69(96)94-82(53-25-13-10-14-26-53,54-27-15-11-16-28-54)55-29-17-12-18-30-55/h10-36,44,46,48-51,62-67,71H,37-43,45,47H2,1-9H3,(H2,83,98)(H,84,86)(H,85,104)(H,87,101)(H,88,97)(H,89,102)(H,90,103)(H,91,100)(H,92,105)(H,93,99)(H,94,96)/t51-,63-,64-,65-,66-,67-,71-/m0/s1. The Balaban J connectivity index is 0.957. The smallest absolute Gasteiger partial charge is 0.419 e. The minimum atomic E-state index is -1.60. The first-order valence-corrected chi connectivity index (χ1v) is 37.8. The van der Waals surface area contributed by atoms with Crippen LogP contribution in [0, 0.1) is 11.8 Å². The zero-order valence-corrected chi connectivity index (χ0v) is 63.5. The number of nitrogens with zero attached hydrogens (tertiary/aromatic N) is 2. The highest BCUT2D eigenvalue weighted by atomic mass is 32.2. The molecule has 2 heterocycles. The average Bonchev–Trinajstić information content (AvgIpc) is 1.03. The van der Waals surface area contributed by atoms with Gasteiger partial charge in [0.2, 0.25) is 53.2 Å². The molecule has 7 atom stereocenters. The molecule has 2 aromatic heterocycles. The first kappa shape index (κ1) is 81.5. The fourth-order valence-electron chi connectivity index (χ4n) is 13.3. The summed E-state index contributed by atoms with van der Waals surface area (Å²) in [5, 5.41) is 25.3. The minimum absolute atomic E-state index is 0.107. The highest BCUT2D eigenvalue weighted by Crippen LogP contribution is 2.45. The van der Waals surface area contributed by atoms with Crippen molar-refractivity contribution < 1.29 is 62.2 Å². The molecule has 1 aliphatic carbocycles. The number of aromatic amines is 1. The number of alkyl carbamates (subject to hydrolysis) is 1. The van der Waals surface area contributed by atoms with E-state index in [-0.39, 0.29) is 57.0 Å². The first-order valence-electron chi connectivity index (χ1n) is 36.4. The monoisotopic (exact) mass is 1500 g/mol. The number of carbonyl (C=O) groups excluding carboxylic acids is 11. The Morgan fingerprint density at radius 3 is 1.66 bits per heavy atom. The zero-order chi connectivity index (χ0) is 78.5. The van der Waals surface area contributed by atoms with Crippen molar-refractivity contribution in [2.75, 3.05) is 25.2 Å². The Morgan fingerprint density at radius 2 is 1.10 bits per heavy atom. The van der Waals surface area contributed by atoms with Crippen molar-refractivity contribution >= 4 is 88.0 Å². The molecule has 0 saturated carbocycles. The van der Waals surface area contributed by atoms with Gasteiger partial charge in [0, 0.05) is 43.0 Å². The molecule has 0 aliphatic heterocycles. The number of imidazole rings is 1. The Morgan fingerprint density at radius 1 is 0.569 bits per heavy atom. The molecule has 12 N–H and O–H groups in total. The van der Waals surface area contributed by atoms with E-state index in [0.717, 1.165) is 38.9 Å². The largest absolute Gasteiger partial charge is 0.449 e. The number of benzene rings is 6. The molecule has 109 heavy (non-hydrogen) atoms. The van der Waals surface area contributed by atoms with Gasteiger partial charge in [-0.2, -0.15) is 11.8 Å². The lowest BCUT2D eigenvalue weighted by atomic mass is 9.77. The van der Waals surface area contributed by atoms with Crippen LogP contribution in [0.15, 0.2) is 183 Å². The molecule has 9 rings (SSSR count). The third-order valence-electron chi connectivity index (χ3n) is 18.7. The number of H-pyrrole nitrogens is 1. The van der Waals surface area contributed by atoms with Crippen LogP contribution in [0.25, 0.3) is 22.0 Å². The molecule has 10 amide bonds. The SMILES string of the molecule is CSCC[C@H](NC(=O)[C@H](CC(C)C)NC(=O)[C@H](Cc1c[nH]cn1)NC(=O)CNC(=O)[C@@H](NC(=O)[C@H](C)NC(=O)[C@H](Cc1cn(C(=O)OC(C)(C)C)c2ccccc12)NC(=O)[C@H](CCC(=O)NC(c1ccccc1)(c1ccccc1)c1ccccc1)NC(=O)OCC1c2ccccc2-c2ccccc21)C(C)C)C(N)=O. The third kappa shape index (κ3) is 21.6. The Labute approximate surface area is 638 Å². The quantitative estimate of drug-likeness (QED) is 0.0169. The van der Waals surface area contributed by atoms with Gasteiger partial charge in [-0.05, 0) is 121 Å².